The highest BCUT2D eigenvalue weighted by Gasteiger charge is 2.74. The molecule has 0 unspecified atom stereocenters. The van der Waals surface area contributed by atoms with Gasteiger partial charge in [0.05, 0.1) is 6.61 Å². The van der Waals surface area contributed by atoms with E-state index in [9.17, 15) is 0 Å². The molecule has 3 heteroatoms. The van der Waals surface area contributed by atoms with Crippen molar-refractivity contribution in [3.05, 3.63) is 0 Å². The van der Waals surface area contributed by atoms with Crippen molar-refractivity contribution in [2.24, 2.45) is 10.8 Å². The Morgan fingerprint density at radius 1 is 0.867 bits per heavy atom. The third-order valence-electron chi connectivity index (χ3n) is 5.41. The molecule has 3 nitrogen and oxygen atoms in total. The predicted octanol–water partition coefficient (Wildman–Crippen LogP) is 0.413. The summed E-state index contributed by atoms with van der Waals surface area (Å²) in [5.74, 6) is 0. The van der Waals surface area contributed by atoms with Crippen molar-refractivity contribution in [2.45, 2.75) is 19.4 Å². The second kappa shape index (κ2) is 2.27. The number of rotatable bonds is 0. The van der Waals surface area contributed by atoms with Crippen LogP contribution in [0.3, 0.4) is 0 Å². The monoisotopic (exact) mass is 208 g/mol. The molecule has 5 aliphatic heterocycles. The van der Waals surface area contributed by atoms with E-state index in [-0.39, 0.29) is 5.60 Å². The molecule has 4 bridgehead atoms. The molecule has 0 radical (unpaired) electrons. The molecule has 5 heterocycles. The van der Waals surface area contributed by atoms with Crippen LogP contribution in [0.5, 0.6) is 0 Å². The quantitative estimate of drug-likeness (QED) is 0.538. The number of epoxide rings is 1. The predicted molar refractivity (Wildman–Crippen MR) is 57.8 cm³/mol. The Morgan fingerprint density at radius 2 is 1.27 bits per heavy atom. The lowest BCUT2D eigenvalue weighted by Crippen LogP contribution is -2.69. The van der Waals surface area contributed by atoms with Gasteiger partial charge in [0.1, 0.15) is 5.60 Å². The fourth-order valence-electron chi connectivity index (χ4n) is 4.79. The molecule has 5 rings (SSSR count). The second-order valence-electron chi connectivity index (χ2n) is 6.66. The number of hydrogen-bond donors (Lipinski definition) is 0. The van der Waals surface area contributed by atoms with E-state index in [0.717, 1.165) is 6.61 Å². The summed E-state index contributed by atoms with van der Waals surface area (Å²) in [7, 11) is 0. The number of fused-ring (bicyclic) bond motifs is 1. The van der Waals surface area contributed by atoms with Crippen molar-refractivity contribution in [3.8, 4) is 0 Å². The Kier molecular flexibility index (Phi) is 1.35. The second-order valence-corrected chi connectivity index (χ2v) is 6.66. The average Bonchev–Trinajstić information content (AvgIpc) is 2.87. The summed E-state index contributed by atoms with van der Waals surface area (Å²) < 4.78 is 5.98. The maximum Gasteiger partial charge on any atom is 0.107 e. The van der Waals surface area contributed by atoms with Gasteiger partial charge in [0.25, 0.3) is 0 Å². The number of nitrogens with zero attached hydrogens (tertiary/aromatic N) is 2. The number of hydrogen-bond acceptors (Lipinski definition) is 3. The van der Waals surface area contributed by atoms with Gasteiger partial charge in [0, 0.05) is 50.1 Å². The fraction of sp³-hybridized carbons (Fsp3) is 1.00. The van der Waals surface area contributed by atoms with E-state index in [1.165, 1.54) is 39.3 Å². The third-order valence-corrected chi connectivity index (χ3v) is 5.41. The van der Waals surface area contributed by atoms with Crippen LogP contribution in [0.4, 0.5) is 0 Å². The fourth-order valence-corrected chi connectivity index (χ4v) is 4.79. The Labute approximate surface area is 91.4 Å². The maximum absolute atomic E-state index is 5.98. The summed E-state index contributed by atoms with van der Waals surface area (Å²) in [4.78, 5) is 5.33. The molecule has 5 saturated heterocycles. The topological polar surface area (TPSA) is 19.0 Å². The van der Waals surface area contributed by atoms with E-state index in [2.05, 4.69) is 23.6 Å². The van der Waals surface area contributed by atoms with Gasteiger partial charge in [0.15, 0.2) is 0 Å². The Hall–Kier alpha value is -0.120. The molecular formula is C12H20N2O. The van der Waals surface area contributed by atoms with Crippen molar-refractivity contribution >= 4 is 0 Å². The van der Waals surface area contributed by atoms with Crippen molar-refractivity contribution < 1.29 is 4.74 Å². The van der Waals surface area contributed by atoms with Gasteiger partial charge in [-0.25, -0.2) is 0 Å². The van der Waals surface area contributed by atoms with Crippen LogP contribution < -0.4 is 0 Å². The summed E-state index contributed by atoms with van der Waals surface area (Å²) in [6.07, 6.45) is 0. The molecule has 5 aliphatic rings. The summed E-state index contributed by atoms with van der Waals surface area (Å²) in [6, 6.07) is 0. The van der Waals surface area contributed by atoms with Gasteiger partial charge in [-0.3, -0.25) is 0 Å². The molecule has 0 aromatic rings. The lowest BCUT2D eigenvalue weighted by molar-refractivity contribution is -0.120. The summed E-state index contributed by atoms with van der Waals surface area (Å²) in [5.41, 5.74) is 1.00. The summed E-state index contributed by atoms with van der Waals surface area (Å²) in [6.45, 7) is 13.4. The lowest BCUT2D eigenvalue weighted by Gasteiger charge is -2.58. The van der Waals surface area contributed by atoms with Crippen molar-refractivity contribution in [1.29, 1.82) is 0 Å². The van der Waals surface area contributed by atoms with Gasteiger partial charge in [-0.15, -0.1) is 0 Å². The molecule has 0 aromatic heterocycles. The van der Waals surface area contributed by atoms with Crippen LogP contribution in [0.1, 0.15) is 13.8 Å². The molecule has 84 valence electrons. The van der Waals surface area contributed by atoms with Gasteiger partial charge in [-0.2, -0.15) is 0 Å². The van der Waals surface area contributed by atoms with Crippen molar-refractivity contribution in [3.63, 3.8) is 0 Å². The first-order valence-electron chi connectivity index (χ1n) is 6.16. The molecule has 0 aromatic carbocycles. The highest BCUT2D eigenvalue weighted by atomic mass is 16.6. The Morgan fingerprint density at radius 3 is 1.60 bits per heavy atom. The van der Waals surface area contributed by atoms with Crippen LogP contribution in [0.2, 0.25) is 0 Å². The van der Waals surface area contributed by atoms with Crippen LogP contribution in [0, 0.1) is 10.8 Å². The molecule has 0 amide bonds. The molecule has 0 aliphatic carbocycles. The zero-order valence-corrected chi connectivity index (χ0v) is 9.75. The lowest BCUT2D eigenvalue weighted by atomic mass is 9.57. The van der Waals surface area contributed by atoms with Gasteiger partial charge < -0.3 is 14.5 Å². The van der Waals surface area contributed by atoms with Crippen molar-refractivity contribution in [2.75, 3.05) is 45.9 Å². The van der Waals surface area contributed by atoms with E-state index in [1.54, 1.807) is 0 Å². The average molecular weight is 208 g/mol. The minimum atomic E-state index is 0.233. The smallest absolute Gasteiger partial charge is 0.107 e. The summed E-state index contributed by atoms with van der Waals surface area (Å²) >= 11 is 0. The van der Waals surface area contributed by atoms with Crippen LogP contribution in [0.25, 0.3) is 0 Å². The van der Waals surface area contributed by atoms with Crippen LogP contribution >= 0.6 is 0 Å². The first-order valence-corrected chi connectivity index (χ1v) is 6.16. The largest absolute Gasteiger partial charge is 0.368 e. The van der Waals surface area contributed by atoms with E-state index < -0.39 is 0 Å². The van der Waals surface area contributed by atoms with Crippen LogP contribution in [-0.4, -0.2) is 61.3 Å². The minimum Gasteiger partial charge on any atom is -0.368 e. The highest BCUT2D eigenvalue weighted by Crippen LogP contribution is 2.62. The molecule has 0 saturated carbocycles. The van der Waals surface area contributed by atoms with Crippen molar-refractivity contribution in [1.82, 2.24) is 9.80 Å². The summed E-state index contributed by atoms with van der Waals surface area (Å²) in [5, 5.41) is 0. The zero-order chi connectivity index (χ0) is 10.3. The van der Waals surface area contributed by atoms with Gasteiger partial charge in [-0.1, -0.05) is 13.8 Å². The standard InChI is InChI=1S/C12H20N2O/c1-10-5-13-3-4-14(6-10)8-11(2,7-13)12(10)9-15-12/h3-9H2,1-2H3. The molecular weight excluding hydrogens is 188 g/mol. The SMILES string of the molecule is CC12CN3CCN(C1)CC(C)(C3)C21CO1. The third kappa shape index (κ3) is 0.855. The van der Waals surface area contributed by atoms with E-state index in [4.69, 9.17) is 4.74 Å². The van der Waals surface area contributed by atoms with E-state index >= 15 is 0 Å². The van der Waals surface area contributed by atoms with Gasteiger partial charge in [-0.05, 0) is 0 Å². The van der Waals surface area contributed by atoms with E-state index in [0.29, 0.717) is 10.8 Å². The number of piperidine rings is 2. The minimum absolute atomic E-state index is 0.233. The molecule has 15 heavy (non-hydrogen) atoms. The molecule has 0 atom stereocenters. The van der Waals surface area contributed by atoms with Crippen LogP contribution in [0.15, 0.2) is 0 Å². The molecule has 1 spiro atoms. The molecule has 5 fully saturated rings. The zero-order valence-electron chi connectivity index (χ0n) is 9.75. The van der Waals surface area contributed by atoms with Crippen LogP contribution in [-0.2, 0) is 4.74 Å². The Balaban J connectivity index is 1.88. The maximum atomic E-state index is 5.98. The van der Waals surface area contributed by atoms with E-state index in [1.807, 2.05) is 0 Å². The van der Waals surface area contributed by atoms with Gasteiger partial charge in [0.2, 0.25) is 0 Å². The normalized spacial score (nSPS) is 66.0. The Bertz CT molecular complexity index is 284. The first-order chi connectivity index (χ1) is 7.07. The van der Waals surface area contributed by atoms with Gasteiger partial charge >= 0.3 is 0 Å². The first kappa shape index (κ1) is 8.97. The highest BCUT2D eigenvalue weighted by molar-refractivity contribution is 5.24. The number of ether oxygens (including phenoxy) is 1. The molecule has 0 N–H and O–H groups in total.